The molecular formula is C52H31N5. The van der Waals surface area contributed by atoms with E-state index >= 15 is 0 Å². The number of aromatic nitrogens is 3. The van der Waals surface area contributed by atoms with E-state index in [4.69, 9.17) is 16.5 Å². The first kappa shape index (κ1) is 33.6. The Labute approximate surface area is 330 Å². The Balaban J connectivity index is 1.15. The molecule has 1 aliphatic rings. The highest BCUT2D eigenvalue weighted by atomic mass is 14.9. The third-order valence-electron chi connectivity index (χ3n) is 10.9. The summed E-state index contributed by atoms with van der Waals surface area (Å²) in [6.07, 6.45) is 3.63. The van der Waals surface area contributed by atoms with E-state index in [0.717, 1.165) is 88.9 Å². The van der Waals surface area contributed by atoms with Crippen LogP contribution in [0.4, 0.5) is 0 Å². The minimum Gasteiger partial charge on any atom is -0.283 e. The van der Waals surface area contributed by atoms with E-state index in [2.05, 4.69) is 101 Å². The third kappa shape index (κ3) is 5.74. The van der Waals surface area contributed by atoms with Crippen LogP contribution in [0.2, 0.25) is 0 Å². The molecule has 0 saturated carbocycles. The minimum absolute atomic E-state index is 0.627. The molecule has 264 valence electrons. The van der Waals surface area contributed by atoms with E-state index in [1.54, 1.807) is 6.20 Å². The largest absolute Gasteiger partial charge is 0.367 e. The van der Waals surface area contributed by atoms with Crippen LogP contribution >= 0.6 is 0 Å². The van der Waals surface area contributed by atoms with Crippen LogP contribution in [-0.2, 0) is 5.54 Å². The van der Waals surface area contributed by atoms with Gasteiger partial charge in [-0.2, -0.15) is 5.26 Å². The fourth-order valence-electron chi connectivity index (χ4n) is 8.10. The Morgan fingerprint density at radius 1 is 0.491 bits per heavy atom. The quantitative estimate of drug-likeness (QED) is 0.160. The van der Waals surface area contributed by atoms with Crippen LogP contribution in [0, 0.1) is 17.9 Å². The monoisotopic (exact) mass is 725 g/mol. The molecule has 0 saturated heterocycles. The van der Waals surface area contributed by atoms with Crippen molar-refractivity contribution in [3.8, 4) is 84.5 Å². The molecule has 0 amide bonds. The molecule has 9 aromatic rings. The van der Waals surface area contributed by atoms with Crippen LogP contribution in [0.25, 0.3) is 94.0 Å². The van der Waals surface area contributed by atoms with Crippen molar-refractivity contribution in [2.24, 2.45) is 0 Å². The third-order valence-corrected chi connectivity index (χ3v) is 10.9. The Bertz CT molecular complexity index is 3060. The maximum Gasteiger partial charge on any atom is 0.367 e. The molecule has 1 atom stereocenters. The lowest BCUT2D eigenvalue weighted by Crippen LogP contribution is -2.18. The van der Waals surface area contributed by atoms with Crippen molar-refractivity contribution in [1.29, 1.82) is 5.26 Å². The smallest absolute Gasteiger partial charge is 0.283 e. The lowest BCUT2D eigenvalue weighted by Gasteiger charge is -2.15. The first-order valence-corrected chi connectivity index (χ1v) is 18.8. The minimum atomic E-state index is -1.48. The fourth-order valence-corrected chi connectivity index (χ4v) is 8.10. The zero-order chi connectivity index (χ0) is 38.3. The number of hydrogen-bond acceptors (Lipinski definition) is 4. The van der Waals surface area contributed by atoms with Crippen molar-refractivity contribution in [3.63, 3.8) is 0 Å². The average molecular weight is 726 g/mol. The molecule has 7 aromatic carbocycles. The normalized spacial score (nSPS) is 14.0. The first-order chi connectivity index (χ1) is 28.1. The number of nitrogens with zero attached hydrogens (tertiary/aromatic N) is 5. The highest BCUT2D eigenvalue weighted by Crippen LogP contribution is 2.53. The van der Waals surface area contributed by atoms with Crippen molar-refractivity contribution < 1.29 is 0 Å². The van der Waals surface area contributed by atoms with Crippen LogP contribution in [0.15, 0.2) is 188 Å². The second-order valence-electron chi connectivity index (χ2n) is 14.2. The molecule has 2 aromatic heterocycles. The van der Waals surface area contributed by atoms with E-state index < -0.39 is 5.54 Å². The number of fused-ring (bicyclic) bond motifs is 5. The zero-order valence-electron chi connectivity index (χ0n) is 30.6. The number of pyridine rings is 1. The Morgan fingerprint density at radius 2 is 1.09 bits per heavy atom. The molecular weight excluding hydrogens is 695 g/mol. The molecule has 1 aliphatic carbocycles. The van der Waals surface area contributed by atoms with Crippen molar-refractivity contribution in [2.45, 2.75) is 5.54 Å². The van der Waals surface area contributed by atoms with Crippen molar-refractivity contribution in [2.75, 3.05) is 0 Å². The summed E-state index contributed by atoms with van der Waals surface area (Å²) in [4.78, 5) is 18.8. The van der Waals surface area contributed by atoms with E-state index in [0.29, 0.717) is 11.4 Å². The Hall–Kier alpha value is -7.99. The fraction of sp³-hybridized carbons (Fsp3) is 0.0192. The van der Waals surface area contributed by atoms with E-state index in [-0.39, 0.29) is 0 Å². The topological polar surface area (TPSA) is 66.8 Å². The molecule has 0 bridgehead atoms. The van der Waals surface area contributed by atoms with E-state index in [1.165, 1.54) is 0 Å². The van der Waals surface area contributed by atoms with Gasteiger partial charge in [-0.15, -0.1) is 0 Å². The maximum absolute atomic E-state index is 10.8. The molecule has 57 heavy (non-hydrogen) atoms. The predicted octanol–water partition coefficient (Wildman–Crippen LogP) is 12.7. The molecule has 0 fully saturated rings. The Kier molecular flexibility index (Phi) is 8.07. The molecule has 0 N–H and O–H groups in total. The van der Waals surface area contributed by atoms with Gasteiger partial charge in [0.25, 0.3) is 0 Å². The lowest BCUT2D eigenvalue weighted by atomic mass is 9.85. The van der Waals surface area contributed by atoms with Crippen LogP contribution in [0.5, 0.6) is 0 Å². The second kappa shape index (κ2) is 13.7. The summed E-state index contributed by atoms with van der Waals surface area (Å²) in [5, 5.41) is 12.8. The lowest BCUT2D eigenvalue weighted by molar-refractivity contribution is 0.864. The molecule has 1 unspecified atom stereocenters. The van der Waals surface area contributed by atoms with Gasteiger partial charge in [-0.25, -0.2) is 16.5 Å². The SMILES string of the molecule is [C-]#[N+]C1(C#N)c2cc(-c3cc(-c4cccnc4)cc(-c4cc(-c5ccc(-c6ccccc6)cc5)nc(-c5ccccc5)n4)c3)ccc2-c2ccc3ccccc3c21. The molecule has 5 heteroatoms. The average Bonchev–Trinajstić information content (AvgIpc) is 3.59. The summed E-state index contributed by atoms with van der Waals surface area (Å²) < 4.78 is 0. The standard InChI is InChI=1S/C52H31N5/c1-54-52(33-53)47-30-39(23-24-45(47)46-25-22-36-13-8-9-17-44(36)50(46)52)41-27-42(40-16-10-26-55-32-40)29-43(28-41)49-31-48(56-51(57-49)38-14-6-3-7-15-38)37-20-18-35(19-21-37)34-11-4-2-5-12-34/h2-32H. The number of hydrogen-bond donors (Lipinski definition) is 0. The van der Waals surface area contributed by atoms with Gasteiger partial charge in [0.1, 0.15) is 0 Å². The van der Waals surface area contributed by atoms with Gasteiger partial charge in [-0.1, -0.05) is 140 Å². The summed E-state index contributed by atoms with van der Waals surface area (Å²) in [6.45, 7) is 8.47. The van der Waals surface area contributed by atoms with Crippen molar-refractivity contribution in [3.05, 3.63) is 211 Å². The number of benzene rings is 7. The second-order valence-corrected chi connectivity index (χ2v) is 14.2. The van der Waals surface area contributed by atoms with Gasteiger partial charge in [0, 0.05) is 34.6 Å². The van der Waals surface area contributed by atoms with E-state index in [1.807, 2.05) is 97.2 Å². The number of rotatable bonds is 6. The van der Waals surface area contributed by atoms with E-state index in [9.17, 15) is 5.26 Å². The van der Waals surface area contributed by atoms with Gasteiger partial charge in [0.15, 0.2) is 11.9 Å². The highest BCUT2D eigenvalue weighted by Gasteiger charge is 2.51. The summed E-state index contributed by atoms with van der Waals surface area (Å²) in [6, 6.07) is 62.2. The van der Waals surface area contributed by atoms with Gasteiger partial charge >= 0.3 is 5.54 Å². The first-order valence-electron chi connectivity index (χ1n) is 18.8. The molecule has 0 radical (unpaired) electrons. The van der Waals surface area contributed by atoms with Crippen LogP contribution in [0.1, 0.15) is 11.1 Å². The number of nitriles is 1. The molecule has 10 rings (SSSR count). The van der Waals surface area contributed by atoms with Crippen LogP contribution in [-0.4, -0.2) is 15.0 Å². The summed E-state index contributed by atoms with van der Waals surface area (Å²) in [5.74, 6) is 0.627. The van der Waals surface area contributed by atoms with Crippen molar-refractivity contribution >= 4 is 10.8 Å². The van der Waals surface area contributed by atoms with Gasteiger partial charge in [-0.3, -0.25) is 9.83 Å². The van der Waals surface area contributed by atoms with Crippen LogP contribution < -0.4 is 0 Å². The van der Waals surface area contributed by atoms with Gasteiger partial charge in [0.05, 0.1) is 22.5 Å². The van der Waals surface area contributed by atoms with Gasteiger partial charge < -0.3 is 0 Å². The van der Waals surface area contributed by atoms with Crippen molar-refractivity contribution in [1.82, 2.24) is 15.0 Å². The summed E-state index contributed by atoms with van der Waals surface area (Å²) in [5.41, 5.74) is 12.2. The highest BCUT2D eigenvalue weighted by molar-refractivity contribution is 6.00. The Morgan fingerprint density at radius 3 is 1.81 bits per heavy atom. The zero-order valence-corrected chi connectivity index (χ0v) is 30.6. The molecule has 0 spiro atoms. The molecule has 5 nitrogen and oxygen atoms in total. The summed E-state index contributed by atoms with van der Waals surface area (Å²) in [7, 11) is 0. The predicted molar refractivity (Wildman–Crippen MR) is 228 cm³/mol. The molecule has 0 aliphatic heterocycles. The molecule has 2 heterocycles. The van der Waals surface area contributed by atoms with Gasteiger partial charge in [0.2, 0.25) is 0 Å². The van der Waals surface area contributed by atoms with Gasteiger partial charge in [-0.05, 0) is 86.1 Å². The van der Waals surface area contributed by atoms with Crippen LogP contribution in [0.3, 0.4) is 0 Å². The maximum atomic E-state index is 10.8. The summed E-state index contributed by atoms with van der Waals surface area (Å²) >= 11 is 0.